The van der Waals surface area contributed by atoms with Gasteiger partial charge in [-0.2, -0.15) is 0 Å². The highest BCUT2D eigenvalue weighted by atomic mass is 16.5. The number of hydrogen-bond donors (Lipinski definition) is 2. The summed E-state index contributed by atoms with van der Waals surface area (Å²) in [6, 6.07) is -0.706. The van der Waals surface area contributed by atoms with Crippen molar-refractivity contribution >= 4 is 11.8 Å². The molecule has 0 aromatic rings. The maximum Gasteiger partial charge on any atom is 0.247 e. The standard InChI is InChI=1S/C32H50N2O6/c1-24(12-13-28-26(3)11-8-14-32(28,4)5)9-7-10-25(2)21-30(36)34-23-27(35)22-29(34)31(37)33-15-16-39-19-20-40-18-17-38-6/h7,9-10,12-13,21,27,29,35H,8,11,14-20,22-23H2,1-6H3,(H,33,37)/b10-7+,13-12+,24-9+,25-21+. The van der Waals surface area contributed by atoms with Gasteiger partial charge in [0.1, 0.15) is 6.04 Å². The fraction of sp³-hybridized carbons (Fsp3) is 0.625. The normalized spacial score (nSPS) is 22.1. The van der Waals surface area contributed by atoms with Gasteiger partial charge in [-0.3, -0.25) is 9.59 Å². The molecule has 1 saturated heterocycles. The largest absolute Gasteiger partial charge is 0.391 e. The quantitative estimate of drug-likeness (QED) is 0.177. The van der Waals surface area contributed by atoms with Gasteiger partial charge >= 0.3 is 0 Å². The zero-order valence-electron chi connectivity index (χ0n) is 25.3. The van der Waals surface area contributed by atoms with E-state index in [-0.39, 0.29) is 30.2 Å². The highest BCUT2D eigenvalue weighted by Crippen LogP contribution is 2.40. The van der Waals surface area contributed by atoms with Gasteiger partial charge in [0.2, 0.25) is 11.8 Å². The third-order valence-electron chi connectivity index (χ3n) is 7.34. The number of allylic oxidation sites excluding steroid dienone is 9. The lowest BCUT2D eigenvalue weighted by Gasteiger charge is -2.32. The molecule has 2 atom stereocenters. The smallest absolute Gasteiger partial charge is 0.247 e. The molecular weight excluding hydrogens is 508 g/mol. The Labute approximate surface area is 240 Å². The number of nitrogens with zero attached hydrogens (tertiary/aromatic N) is 1. The van der Waals surface area contributed by atoms with E-state index in [1.54, 1.807) is 7.11 Å². The summed E-state index contributed by atoms with van der Waals surface area (Å²) in [5.41, 5.74) is 5.00. The molecule has 8 nitrogen and oxygen atoms in total. The van der Waals surface area contributed by atoms with Crippen molar-refractivity contribution in [1.82, 2.24) is 10.2 Å². The number of carbonyl (C=O) groups is 2. The highest BCUT2D eigenvalue weighted by molar-refractivity contribution is 5.94. The Balaban J connectivity index is 1.85. The van der Waals surface area contributed by atoms with Crippen LogP contribution in [0, 0.1) is 5.41 Å². The van der Waals surface area contributed by atoms with Crippen LogP contribution in [0.3, 0.4) is 0 Å². The molecule has 1 fully saturated rings. The Morgan fingerprint density at radius 3 is 2.48 bits per heavy atom. The number of aliphatic hydroxyl groups excluding tert-OH is 1. The minimum atomic E-state index is -0.727. The molecule has 0 radical (unpaired) electrons. The van der Waals surface area contributed by atoms with E-state index >= 15 is 0 Å². The summed E-state index contributed by atoms with van der Waals surface area (Å²) in [4.78, 5) is 27.1. The zero-order valence-corrected chi connectivity index (χ0v) is 25.3. The molecule has 2 amide bonds. The van der Waals surface area contributed by atoms with Gasteiger partial charge in [0.15, 0.2) is 0 Å². The van der Waals surface area contributed by atoms with E-state index in [9.17, 15) is 14.7 Å². The number of nitrogens with one attached hydrogen (secondary N) is 1. The number of likely N-dealkylation sites (tertiary alicyclic amines) is 1. The van der Waals surface area contributed by atoms with E-state index in [2.05, 4.69) is 45.2 Å². The summed E-state index contributed by atoms with van der Waals surface area (Å²) >= 11 is 0. The molecule has 2 unspecified atom stereocenters. The van der Waals surface area contributed by atoms with E-state index in [0.29, 0.717) is 39.6 Å². The van der Waals surface area contributed by atoms with Crippen LogP contribution in [0.15, 0.2) is 58.7 Å². The van der Waals surface area contributed by atoms with Gasteiger partial charge in [0, 0.05) is 32.7 Å². The fourth-order valence-electron chi connectivity index (χ4n) is 5.09. The number of aliphatic hydroxyl groups is 1. The minimum absolute atomic E-state index is 0.134. The molecule has 0 spiro atoms. The van der Waals surface area contributed by atoms with Crippen LogP contribution in [-0.2, 0) is 23.8 Å². The molecule has 0 saturated carbocycles. The molecule has 2 N–H and O–H groups in total. The van der Waals surface area contributed by atoms with Crippen LogP contribution < -0.4 is 5.32 Å². The Bertz CT molecular complexity index is 991. The predicted molar refractivity (Wildman–Crippen MR) is 159 cm³/mol. The molecule has 1 heterocycles. The molecule has 40 heavy (non-hydrogen) atoms. The topological polar surface area (TPSA) is 97.3 Å². The number of ether oxygens (including phenoxy) is 3. The van der Waals surface area contributed by atoms with Crippen LogP contribution in [0.2, 0.25) is 0 Å². The second-order valence-corrected chi connectivity index (χ2v) is 11.3. The Morgan fingerprint density at radius 2 is 1.77 bits per heavy atom. The number of carbonyl (C=O) groups excluding carboxylic acids is 2. The van der Waals surface area contributed by atoms with Crippen molar-refractivity contribution in [2.75, 3.05) is 53.2 Å². The van der Waals surface area contributed by atoms with Gasteiger partial charge in [-0.1, -0.05) is 55.4 Å². The lowest BCUT2D eigenvalue weighted by molar-refractivity contribution is -0.135. The molecule has 224 valence electrons. The number of rotatable bonds is 15. The van der Waals surface area contributed by atoms with E-state index < -0.39 is 12.1 Å². The van der Waals surface area contributed by atoms with Crippen LogP contribution in [0.25, 0.3) is 0 Å². The van der Waals surface area contributed by atoms with E-state index in [1.165, 1.54) is 41.4 Å². The van der Waals surface area contributed by atoms with Crippen LogP contribution >= 0.6 is 0 Å². The van der Waals surface area contributed by atoms with Crippen molar-refractivity contribution in [2.24, 2.45) is 5.41 Å². The van der Waals surface area contributed by atoms with E-state index in [1.807, 2.05) is 25.2 Å². The summed E-state index contributed by atoms with van der Waals surface area (Å²) in [6.45, 7) is 13.5. The number of hydrogen-bond acceptors (Lipinski definition) is 6. The van der Waals surface area contributed by atoms with Gasteiger partial charge in [0.05, 0.1) is 39.1 Å². The molecule has 2 rings (SSSR count). The maximum absolute atomic E-state index is 13.0. The van der Waals surface area contributed by atoms with E-state index in [0.717, 1.165) is 11.1 Å². The zero-order chi connectivity index (χ0) is 29.5. The first-order chi connectivity index (χ1) is 19.0. The maximum atomic E-state index is 13.0. The van der Waals surface area contributed by atoms with Crippen molar-refractivity contribution in [1.29, 1.82) is 0 Å². The molecule has 8 heteroatoms. The second kappa shape index (κ2) is 17.3. The Kier molecular flexibility index (Phi) is 14.6. The Morgan fingerprint density at radius 1 is 1.07 bits per heavy atom. The van der Waals surface area contributed by atoms with Crippen LogP contribution in [0.5, 0.6) is 0 Å². The minimum Gasteiger partial charge on any atom is -0.391 e. The van der Waals surface area contributed by atoms with Crippen molar-refractivity contribution in [3.63, 3.8) is 0 Å². The first-order valence-electron chi connectivity index (χ1n) is 14.4. The summed E-state index contributed by atoms with van der Waals surface area (Å²) in [6.07, 6.45) is 14.9. The monoisotopic (exact) mass is 558 g/mol. The van der Waals surface area contributed by atoms with E-state index in [4.69, 9.17) is 14.2 Å². The number of amides is 2. The summed E-state index contributed by atoms with van der Waals surface area (Å²) in [7, 11) is 1.62. The predicted octanol–water partition coefficient (Wildman–Crippen LogP) is 4.28. The highest BCUT2D eigenvalue weighted by Gasteiger charge is 2.38. The fourth-order valence-corrected chi connectivity index (χ4v) is 5.09. The van der Waals surface area contributed by atoms with Crippen molar-refractivity contribution < 1.29 is 28.9 Å². The number of β-amino-alcohol motifs (C(OH)–C–C–N with tert-alkyl or cyclic N) is 1. The molecule has 0 aromatic carbocycles. The third-order valence-corrected chi connectivity index (χ3v) is 7.34. The van der Waals surface area contributed by atoms with Gasteiger partial charge in [0.25, 0.3) is 0 Å². The average Bonchev–Trinajstić information content (AvgIpc) is 3.29. The van der Waals surface area contributed by atoms with Crippen molar-refractivity contribution in [2.45, 2.75) is 72.4 Å². The molecule has 0 bridgehead atoms. The molecule has 1 aliphatic carbocycles. The first-order valence-corrected chi connectivity index (χ1v) is 14.4. The molecule has 2 aliphatic rings. The van der Waals surface area contributed by atoms with Crippen molar-refractivity contribution in [3.8, 4) is 0 Å². The van der Waals surface area contributed by atoms with Crippen LogP contribution in [0.1, 0.15) is 60.3 Å². The van der Waals surface area contributed by atoms with Gasteiger partial charge in [-0.05, 0) is 56.6 Å². The summed E-state index contributed by atoms with van der Waals surface area (Å²) in [5.74, 6) is -0.575. The first kappa shape index (κ1) is 33.7. The van der Waals surface area contributed by atoms with Crippen LogP contribution in [-0.4, -0.2) is 87.2 Å². The summed E-state index contributed by atoms with van der Waals surface area (Å²) < 4.78 is 15.7. The molecule has 0 aromatic heterocycles. The molecular formula is C32H50N2O6. The van der Waals surface area contributed by atoms with Gasteiger partial charge in [-0.25, -0.2) is 0 Å². The second-order valence-electron chi connectivity index (χ2n) is 11.3. The Hall–Kier alpha value is -2.52. The van der Waals surface area contributed by atoms with Gasteiger partial charge < -0.3 is 29.5 Å². The average molecular weight is 559 g/mol. The SMILES string of the molecule is COCCOCCOCCNC(=O)C1CC(O)CN1C(=O)/C=C(C)/C=C/C=C(C)/C=C/C1=C(C)CCCC1(C)C. The lowest BCUT2D eigenvalue weighted by Crippen LogP contribution is -2.46. The third kappa shape index (κ3) is 11.5. The van der Waals surface area contributed by atoms with Gasteiger partial charge in [-0.15, -0.1) is 0 Å². The number of methoxy groups -OCH3 is 1. The lowest BCUT2D eigenvalue weighted by atomic mass is 9.72. The van der Waals surface area contributed by atoms with Crippen molar-refractivity contribution in [3.05, 3.63) is 58.7 Å². The summed E-state index contributed by atoms with van der Waals surface area (Å²) in [5, 5.41) is 13.0. The molecule has 1 aliphatic heterocycles. The van der Waals surface area contributed by atoms with Crippen LogP contribution in [0.4, 0.5) is 0 Å².